The molecule has 5 nitrogen and oxygen atoms in total. The molecule has 0 amide bonds. The van der Waals surface area contributed by atoms with Gasteiger partial charge in [-0.05, 0) is 17.7 Å². The number of hydrogen-bond acceptors (Lipinski definition) is 4. The first-order valence-corrected chi connectivity index (χ1v) is 4.30. The smallest absolute Gasteiger partial charge is 0.235 e. The fraction of sp³-hybridized carbons (Fsp3) is 0.111. The maximum absolute atomic E-state index is 10.1. The van der Waals surface area contributed by atoms with E-state index in [0.29, 0.717) is 5.56 Å². The van der Waals surface area contributed by atoms with Crippen LogP contribution in [0.2, 0.25) is 5.02 Å². The molecule has 0 aliphatic heterocycles. The van der Waals surface area contributed by atoms with Gasteiger partial charge >= 0.3 is 0 Å². The van der Waals surface area contributed by atoms with Crippen LogP contribution in [-0.2, 0) is 0 Å². The van der Waals surface area contributed by atoms with Crippen LogP contribution >= 0.6 is 11.6 Å². The van der Waals surface area contributed by atoms with Crippen LogP contribution in [0.5, 0.6) is 11.5 Å². The lowest BCUT2D eigenvalue weighted by atomic mass is 10.2. The Labute approximate surface area is 90.7 Å². The summed E-state index contributed by atoms with van der Waals surface area (Å²) in [6.45, 7) is 0. The van der Waals surface area contributed by atoms with E-state index in [1.807, 2.05) is 0 Å². The van der Waals surface area contributed by atoms with Crippen LogP contribution in [0.25, 0.3) is 6.08 Å². The Hall–Kier alpha value is -1.75. The molecular formula is C9H8ClNO4. The molecule has 0 aromatic heterocycles. The molecule has 80 valence electrons. The Kier molecular flexibility index (Phi) is 3.51. The maximum Gasteiger partial charge on any atom is 0.235 e. The van der Waals surface area contributed by atoms with E-state index in [1.165, 1.54) is 25.3 Å². The Morgan fingerprint density at radius 2 is 2.27 bits per heavy atom. The van der Waals surface area contributed by atoms with E-state index < -0.39 is 4.92 Å². The van der Waals surface area contributed by atoms with E-state index in [2.05, 4.69) is 0 Å². The largest absolute Gasteiger partial charge is 0.503 e. The summed E-state index contributed by atoms with van der Waals surface area (Å²) in [4.78, 5) is 9.49. The number of benzene rings is 1. The summed E-state index contributed by atoms with van der Waals surface area (Å²) >= 11 is 5.68. The third-order valence-electron chi connectivity index (χ3n) is 1.66. The Balaban J connectivity index is 3.11. The molecule has 15 heavy (non-hydrogen) atoms. The summed E-state index contributed by atoms with van der Waals surface area (Å²) in [5, 5.41) is 19.5. The van der Waals surface area contributed by atoms with Gasteiger partial charge in [0.15, 0.2) is 11.5 Å². The van der Waals surface area contributed by atoms with Crippen LogP contribution in [0.15, 0.2) is 18.3 Å². The SMILES string of the molecule is COc1cc(C=C[N+](=O)[O-])cc(Cl)c1O. The number of rotatable bonds is 3. The van der Waals surface area contributed by atoms with Crippen LogP contribution in [0, 0.1) is 10.1 Å². The van der Waals surface area contributed by atoms with Gasteiger partial charge in [-0.15, -0.1) is 0 Å². The van der Waals surface area contributed by atoms with Gasteiger partial charge in [0, 0.05) is 6.08 Å². The summed E-state index contributed by atoms with van der Waals surface area (Å²) < 4.78 is 4.84. The molecule has 0 saturated heterocycles. The van der Waals surface area contributed by atoms with Gasteiger partial charge < -0.3 is 9.84 Å². The summed E-state index contributed by atoms with van der Waals surface area (Å²) in [6.07, 6.45) is 2.04. The van der Waals surface area contributed by atoms with E-state index in [9.17, 15) is 15.2 Å². The highest BCUT2D eigenvalue weighted by atomic mass is 35.5. The van der Waals surface area contributed by atoms with E-state index in [-0.39, 0.29) is 16.5 Å². The second kappa shape index (κ2) is 4.65. The van der Waals surface area contributed by atoms with E-state index >= 15 is 0 Å². The second-order valence-electron chi connectivity index (χ2n) is 2.65. The minimum Gasteiger partial charge on any atom is -0.503 e. The first kappa shape index (κ1) is 11.3. The maximum atomic E-state index is 10.1. The summed E-state index contributed by atoms with van der Waals surface area (Å²) in [7, 11) is 1.37. The van der Waals surface area contributed by atoms with Crippen molar-refractivity contribution in [1.29, 1.82) is 0 Å². The molecule has 0 bridgehead atoms. The molecule has 0 spiro atoms. The lowest BCUT2D eigenvalue weighted by Gasteiger charge is -2.05. The van der Waals surface area contributed by atoms with Crippen molar-refractivity contribution in [3.8, 4) is 11.5 Å². The van der Waals surface area contributed by atoms with Crippen LogP contribution in [-0.4, -0.2) is 17.1 Å². The average Bonchev–Trinajstić information content (AvgIpc) is 2.19. The van der Waals surface area contributed by atoms with Crippen molar-refractivity contribution in [1.82, 2.24) is 0 Å². The molecule has 1 aromatic rings. The fourth-order valence-electron chi connectivity index (χ4n) is 0.993. The number of aromatic hydroxyl groups is 1. The first-order chi connectivity index (χ1) is 7.04. The molecule has 1 N–H and O–H groups in total. The highest BCUT2D eigenvalue weighted by Gasteiger charge is 2.07. The number of hydrogen-bond donors (Lipinski definition) is 1. The van der Waals surface area contributed by atoms with E-state index in [0.717, 1.165) is 6.20 Å². The van der Waals surface area contributed by atoms with Gasteiger partial charge in [-0.2, -0.15) is 0 Å². The Morgan fingerprint density at radius 1 is 1.60 bits per heavy atom. The number of nitrogens with zero attached hydrogens (tertiary/aromatic N) is 1. The van der Waals surface area contributed by atoms with Crippen molar-refractivity contribution in [3.63, 3.8) is 0 Å². The van der Waals surface area contributed by atoms with Gasteiger partial charge in [-0.3, -0.25) is 10.1 Å². The fourth-order valence-corrected chi connectivity index (χ4v) is 1.21. The molecule has 1 rings (SSSR count). The number of ether oxygens (including phenoxy) is 1. The van der Waals surface area contributed by atoms with Crippen molar-refractivity contribution in [3.05, 3.63) is 39.0 Å². The number of phenols is 1. The van der Waals surface area contributed by atoms with Crippen LogP contribution in [0.3, 0.4) is 0 Å². The van der Waals surface area contributed by atoms with E-state index in [4.69, 9.17) is 16.3 Å². The highest BCUT2D eigenvalue weighted by molar-refractivity contribution is 6.32. The minimum absolute atomic E-state index is 0.0809. The normalized spacial score (nSPS) is 10.5. The summed E-state index contributed by atoms with van der Waals surface area (Å²) in [5.41, 5.74) is 0.478. The topological polar surface area (TPSA) is 72.6 Å². The summed E-state index contributed by atoms with van der Waals surface area (Å²) in [6, 6.07) is 2.85. The van der Waals surface area contributed by atoms with Gasteiger partial charge in [0.05, 0.1) is 17.1 Å². The van der Waals surface area contributed by atoms with Crippen molar-refractivity contribution >= 4 is 17.7 Å². The quantitative estimate of drug-likeness (QED) is 0.638. The molecule has 0 saturated carbocycles. The molecule has 0 aliphatic carbocycles. The molecule has 0 heterocycles. The zero-order chi connectivity index (χ0) is 11.4. The lowest BCUT2D eigenvalue weighted by Crippen LogP contribution is -1.87. The highest BCUT2D eigenvalue weighted by Crippen LogP contribution is 2.35. The van der Waals surface area contributed by atoms with Gasteiger partial charge in [0.1, 0.15) is 0 Å². The van der Waals surface area contributed by atoms with Crippen LogP contribution in [0.1, 0.15) is 5.56 Å². The number of halogens is 1. The molecule has 6 heteroatoms. The zero-order valence-corrected chi connectivity index (χ0v) is 8.56. The van der Waals surface area contributed by atoms with Crippen molar-refractivity contribution in [2.45, 2.75) is 0 Å². The zero-order valence-electron chi connectivity index (χ0n) is 7.81. The van der Waals surface area contributed by atoms with Gasteiger partial charge in [-0.1, -0.05) is 11.6 Å². The standard InChI is InChI=1S/C9H8ClNO4/c1-15-8-5-6(2-3-11(13)14)4-7(10)9(8)12/h2-5,12H,1H3. The predicted molar refractivity (Wildman–Crippen MR) is 55.7 cm³/mol. The van der Waals surface area contributed by atoms with Gasteiger partial charge in [0.25, 0.3) is 0 Å². The molecular weight excluding hydrogens is 222 g/mol. The number of methoxy groups -OCH3 is 1. The third-order valence-corrected chi connectivity index (χ3v) is 1.95. The monoisotopic (exact) mass is 229 g/mol. The third kappa shape index (κ3) is 2.85. The van der Waals surface area contributed by atoms with Gasteiger partial charge in [-0.25, -0.2) is 0 Å². The Bertz CT molecular complexity index is 417. The molecule has 0 atom stereocenters. The molecule has 1 aromatic carbocycles. The molecule has 0 radical (unpaired) electrons. The Morgan fingerprint density at radius 3 is 2.80 bits per heavy atom. The molecule has 0 unspecified atom stereocenters. The second-order valence-corrected chi connectivity index (χ2v) is 3.06. The lowest BCUT2D eigenvalue weighted by molar-refractivity contribution is -0.400. The first-order valence-electron chi connectivity index (χ1n) is 3.93. The minimum atomic E-state index is -0.590. The van der Waals surface area contributed by atoms with Crippen molar-refractivity contribution in [2.75, 3.05) is 7.11 Å². The summed E-state index contributed by atoms with van der Waals surface area (Å²) in [5.74, 6) is -0.0112. The van der Waals surface area contributed by atoms with Crippen LogP contribution < -0.4 is 4.74 Å². The van der Waals surface area contributed by atoms with Crippen molar-refractivity contribution in [2.24, 2.45) is 0 Å². The van der Waals surface area contributed by atoms with E-state index in [1.54, 1.807) is 0 Å². The predicted octanol–water partition coefficient (Wildman–Crippen LogP) is 2.30. The average molecular weight is 230 g/mol. The number of nitro groups is 1. The van der Waals surface area contributed by atoms with Crippen LogP contribution in [0.4, 0.5) is 0 Å². The molecule has 0 aliphatic rings. The molecule has 0 fully saturated rings. The van der Waals surface area contributed by atoms with Gasteiger partial charge in [0.2, 0.25) is 6.20 Å². The number of phenolic OH excluding ortho intramolecular Hbond substituents is 1. The van der Waals surface area contributed by atoms with Crippen molar-refractivity contribution < 1.29 is 14.8 Å².